The molecule has 0 fully saturated rings. The van der Waals surface area contributed by atoms with Crippen LogP contribution in [0.3, 0.4) is 0 Å². The standard InChI is InChI=1S/C14H17N3O6/c1-8(2)15-14(20)16-13(19)9(3)23-12-5-4-10(7-18)6-11(12)17(21)22/h4-9H,1-3H3,(H2,15,16,19,20)/t9-/m0/s1. The molecule has 0 heterocycles. The number of amides is 3. The second-order valence-electron chi connectivity index (χ2n) is 4.98. The summed E-state index contributed by atoms with van der Waals surface area (Å²) in [6.07, 6.45) is -0.683. The molecular weight excluding hydrogens is 306 g/mol. The Bertz CT molecular complexity index is 629. The predicted molar refractivity (Wildman–Crippen MR) is 80.4 cm³/mol. The van der Waals surface area contributed by atoms with Gasteiger partial charge in [0.15, 0.2) is 11.9 Å². The van der Waals surface area contributed by atoms with Crippen molar-refractivity contribution in [3.8, 4) is 5.75 Å². The normalized spacial score (nSPS) is 11.5. The van der Waals surface area contributed by atoms with Gasteiger partial charge in [-0.1, -0.05) is 0 Å². The maximum atomic E-state index is 11.8. The van der Waals surface area contributed by atoms with E-state index in [0.29, 0.717) is 6.29 Å². The summed E-state index contributed by atoms with van der Waals surface area (Å²) in [4.78, 5) is 44.2. The van der Waals surface area contributed by atoms with Crippen molar-refractivity contribution in [2.45, 2.75) is 32.9 Å². The van der Waals surface area contributed by atoms with Gasteiger partial charge in [-0.2, -0.15) is 0 Å². The average molecular weight is 323 g/mol. The van der Waals surface area contributed by atoms with Crippen LogP contribution in [-0.4, -0.2) is 35.3 Å². The van der Waals surface area contributed by atoms with Crippen LogP contribution in [0.2, 0.25) is 0 Å². The molecule has 0 unspecified atom stereocenters. The molecule has 1 atom stereocenters. The highest BCUT2D eigenvalue weighted by Crippen LogP contribution is 2.28. The lowest BCUT2D eigenvalue weighted by Crippen LogP contribution is -2.47. The number of nitro groups is 1. The van der Waals surface area contributed by atoms with E-state index in [1.165, 1.54) is 19.1 Å². The summed E-state index contributed by atoms with van der Waals surface area (Å²) >= 11 is 0. The second-order valence-corrected chi connectivity index (χ2v) is 4.98. The van der Waals surface area contributed by atoms with Crippen molar-refractivity contribution < 1.29 is 24.0 Å². The van der Waals surface area contributed by atoms with E-state index in [4.69, 9.17) is 4.74 Å². The van der Waals surface area contributed by atoms with E-state index in [9.17, 15) is 24.5 Å². The molecule has 1 aromatic carbocycles. The monoisotopic (exact) mass is 323 g/mol. The van der Waals surface area contributed by atoms with Gasteiger partial charge in [0.2, 0.25) is 0 Å². The Morgan fingerprint density at radius 1 is 1.30 bits per heavy atom. The Morgan fingerprint density at radius 2 is 1.96 bits per heavy atom. The minimum atomic E-state index is -1.14. The molecule has 0 aliphatic heterocycles. The first-order chi connectivity index (χ1) is 10.7. The van der Waals surface area contributed by atoms with Crippen LogP contribution in [-0.2, 0) is 4.79 Å². The number of nitrogens with one attached hydrogen (secondary N) is 2. The van der Waals surface area contributed by atoms with Gasteiger partial charge in [-0.15, -0.1) is 0 Å². The number of hydrogen-bond donors (Lipinski definition) is 2. The van der Waals surface area contributed by atoms with E-state index in [0.717, 1.165) is 6.07 Å². The van der Waals surface area contributed by atoms with Crippen LogP contribution in [0.5, 0.6) is 5.75 Å². The molecule has 1 rings (SSSR count). The second kappa shape index (κ2) is 7.87. The highest BCUT2D eigenvalue weighted by Gasteiger charge is 2.23. The quantitative estimate of drug-likeness (QED) is 0.463. The van der Waals surface area contributed by atoms with Gasteiger partial charge in [0.05, 0.1) is 4.92 Å². The van der Waals surface area contributed by atoms with E-state index in [2.05, 4.69) is 10.6 Å². The zero-order valence-electron chi connectivity index (χ0n) is 12.9. The number of carbonyl (C=O) groups is 3. The number of hydrogen-bond acceptors (Lipinski definition) is 6. The van der Waals surface area contributed by atoms with E-state index in [-0.39, 0.29) is 17.4 Å². The summed E-state index contributed by atoms with van der Waals surface area (Å²) in [5.74, 6) is -0.926. The molecule has 0 aliphatic carbocycles. The Morgan fingerprint density at radius 3 is 2.48 bits per heavy atom. The van der Waals surface area contributed by atoms with Crippen LogP contribution in [0.25, 0.3) is 0 Å². The van der Waals surface area contributed by atoms with Crippen LogP contribution in [0.15, 0.2) is 18.2 Å². The predicted octanol–water partition coefficient (Wildman–Crippen LogP) is 1.41. The summed E-state index contributed by atoms with van der Waals surface area (Å²) in [6.45, 7) is 4.79. The Labute approximate surface area is 132 Å². The first-order valence-corrected chi connectivity index (χ1v) is 6.76. The fraction of sp³-hybridized carbons (Fsp3) is 0.357. The van der Waals surface area contributed by atoms with E-state index < -0.39 is 28.7 Å². The molecule has 9 heteroatoms. The number of imide groups is 1. The fourth-order valence-corrected chi connectivity index (χ4v) is 1.61. The van der Waals surface area contributed by atoms with E-state index >= 15 is 0 Å². The number of aldehydes is 1. The van der Waals surface area contributed by atoms with Crippen LogP contribution in [0.4, 0.5) is 10.5 Å². The van der Waals surface area contributed by atoms with Gasteiger partial charge in [0.25, 0.3) is 5.91 Å². The summed E-state index contributed by atoms with van der Waals surface area (Å²) < 4.78 is 5.22. The van der Waals surface area contributed by atoms with Gasteiger partial charge in [-0.3, -0.25) is 25.0 Å². The van der Waals surface area contributed by atoms with Gasteiger partial charge in [0.1, 0.15) is 6.29 Å². The molecule has 3 amide bonds. The Kier molecular flexibility index (Phi) is 6.19. The summed E-state index contributed by atoms with van der Waals surface area (Å²) in [7, 11) is 0. The molecule has 23 heavy (non-hydrogen) atoms. The van der Waals surface area contributed by atoms with E-state index in [1.54, 1.807) is 13.8 Å². The number of urea groups is 1. The largest absolute Gasteiger partial charge is 0.474 e. The lowest BCUT2D eigenvalue weighted by molar-refractivity contribution is -0.386. The molecule has 1 aromatic rings. The van der Waals surface area contributed by atoms with E-state index in [1.807, 2.05) is 0 Å². The van der Waals surface area contributed by atoms with Crippen molar-refractivity contribution in [2.24, 2.45) is 0 Å². The topological polar surface area (TPSA) is 128 Å². The minimum Gasteiger partial charge on any atom is -0.474 e. The first-order valence-electron chi connectivity index (χ1n) is 6.76. The Balaban J connectivity index is 2.82. The van der Waals surface area contributed by atoms with Crippen molar-refractivity contribution >= 4 is 23.9 Å². The molecular formula is C14H17N3O6. The fourth-order valence-electron chi connectivity index (χ4n) is 1.61. The van der Waals surface area contributed by atoms with Crippen LogP contribution in [0.1, 0.15) is 31.1 Å². The van der Waals surface area contributed by atoms with Crippen molar-refractivity contribution in [2.75, 3.05) is 0 Å². The van der Waals surface area contributed by atoms with Crippen LogP contribution >= 0.6 is 0 Å². The molecule has 0 saturated heterocycles. The zero-order chi connectivity index (χ0) is 17.6. The van der Waals surface area contributed by atoms with Crippen molar-refractivity contribution in [3.63, 3.8) is 0 Å². The van der Waals surface area contributed by atoms with Crippen molar-refractivity contribution in [1.82, 2.24) is 10.6 Å². The maximum absolute atomic E-state index is 11.8. The molecule has 124 valence electrons. The third-order valence-electron chi connectivity index (χ3n) is 2.65. The molecule has 0 bridgehead atoms. The third kappa shape index (κ3) is 5.38. The zero-order valence-corrected chi connectivity index (χ0v) is 12.9. The first kappa shape index (κ1) is 18.1. The van der Waals surface area contributed by atoms with Crippen LogP contribution < -0.4 is 15.4 Å². The highest BCUT2D eigenvalue weighted by atomic mass is 16.6. The number of carbonyl (C=O) groups excluding carboxylic acids is 3. The van der Waals surface area contributed by atoms with Gasteiger partial charge in [-0.05, 0) is 32.9 Å². The van der Waals surface area contributed by atoms with Gasteiger partial charge in [-0.25, -0.2) is 4.79 Å². The van der Waals surface area contributed by atoms with Gasteiger partial charge >= 0.3 is 11.7 Å². The SMILES string of the molecule is CC(C)NC(=O)NC(=O)[C@H](C)Oc1ccc(C=O)cc1[N+](=O)[O-]. The molecule has 0 spiro atoms. The molecule has 0 radical (unpaired) electrons. The lowest BCUT2D eigenvalue weighted by atomic mass is 10.2. The smallest absolute Gasteiger partial charge is 0.321 e. The lowest BCUT2D eigenvalue weighted by Gasteiger charge is -2.15. The number of nitrogens with zero attached hydrogens (tertiary/aromatic N) is 1. The number of nitro benzene ring substituents is 1. The average Bonchev–Trinajstić information content (AvgIpc) is 2.46. The van der Waals surface area contributed by atoms with Crippen molar-refractivity contribution in [1.29, 1.82) is 0 Å². The molecule has 9 nitrogen and oxygen atoms in total. The highest BCUT2D eigenvalue weighted by molar-refractivity contribution is 5.96. The minimum absolute atomic E-state index is 0.109. The number of benzene rings is 1. The third-order valence-corrected chi connectivity index (χ3v) is 2.65. The summed E-state index contributed by atoms with van der Waals surface area (Å²) in [5, 5.41) is 15.5. The molecule has 0 aliphatic rings. The molecule has 0 aromatic heterocycles. The number of ether oxygens (including phenoxy) is 1. The Hall–Kier alpha value is -2.97. The molecule has 0 saturated carbocycles. The van der Waals surface area contributed by atoms with Gasteiger partial charge in [0, 0.05) is 17.7 Å². The van der Waals surface area contributed by atoms with Gasteiger partial charge < -0.3 is 10.1 Å². The number of rotatable bonds is 6. The summed E-state index contributed by atoms with van der Waals surface area (Å²) in [6, 6.07) is 2.74. The summed E-state index contributed by atoms with van der Waals surface area (Å²) in [5.41, 5.74) is -0.335. The maximum Gasteiger partial charge on any atom is 0.321 e. The molecule has 2 N–H and O–H groups in total. The van der Waals surface area contributed by atoms with Crippen molar-refractivity contribution in [3.05, 3.63) is 33.9 Å². The van der Waals surface area contributed by atoms with Crippen LogP contribution in [0, 0.1) is 10.1 Å².